The molecule has 2 aromatic carbocycles. The van der Waals surface area contributed by atoms with E-state index in [0.717, 1.165) is 22.6 Å². The number of aromatic nitrogens is 2. The predicted octanol–water partition coefficient (Wildman–Crippen LogP) is 4.54. The van der Waals surface area contributed by atoms with Gasteiger partial charge in [0.2, 0.25) is 17.6 Å². The van der Waals surface area contributed by atoms with E-state index in [0.29, 0.717) is 24.7 Å². The first-order valence-corrected chi connectivity index (χ1v) is 10.3. The molecule has 6 heteroatoms. The van der Waals surface area contributed by atoms with Gasteiger partial charge in [0.1, 0.15) is 0 Å². The van der Waals surface area contributed by atoms with Crippen molar-refractivity contribution < 1.29 is 9.32 Å². The average Bonchev–Trinajstić information content (AvgIpc) is 3.35. The maximum absolute atomic E-state index is 12.5. The van der Waals surface area contributed by atoms with Gasteiger partial charge in [0.15, 0.2) is 0 Å². The van der Waals surface area contributed by atoms with Crippen molar-refractivity contribution in [3.05, 3.63) is 60.0 Å². The fraction of sp³-hybridized carbons (Fsp3) is 0.286. The van der Waals surface area contributed by atoms with E-state index in [2.05, 4.69) is 29.2 Å². The Morgan fingerprint density at radius 3 is 2.78 bits per heavy atom. The number of aryl methyl sites for hydroxylation is 1. The maximum atomic E-state index is 12.5. The van der Waals surface area contributed by atoms with Crippen LogP contribution in [0.1, 0.15) is 30.7 Å². The summed E-state index contributed by atoms with van der Waals surface area (Å²) < 4.78 is 5.49. The van der Waals surface area contributed by atoms with Crippen molar-refractivity contribution in [1.29, 1.82) is 0 Å². The fourth-order valence-corrected chi connectivity index (χ4v) is 3.76. The minimum atomic E-state index is -0.0772. The van der Waals surface area contributed by atoms with E-state index < -0.39 is 0 Å². The summed E-state index contributed by atoms with van der Waals surface area (Å²) in [6.07, 6.45) is 3.41. The fourth-order valence-electron chi connectivity index (χ4n) is 3.31. The molecule has 0 N–H and O–H groups in total. The molecule has 1 amide bonds. The molecule has 0 radical (unpaired) electrons. The molecule has 138 valence electrons. The highest BCUT2D eigenvalue weighted by Crippen LogP contribution is 2.33. The molecule has 2 heterocycles. The summed E-state index contributed by atoms with van der Waals surface area (Å²) in [6.45, 7) is 2.69. The van der Waals surface area contributed by atoms with Crippen LogP contribution in [0, 0.1) is 0 Å². The van der Waals surface area contributed by atoms with E-state index >= 15 is 0 Å². The molecule has 0 saturated carbocycles. The summed E-state index contributed by atoms with van der Waals surface area (Å²) in [5.74, 6) is 1.11. The van der Waals surface area contributed by atoms with Gasteiger partial charge in [-0.25, -0.2) is 0 Å². The summed E-state index contributed by atoms with van der Waals surface area (Å²) in [7, 11) is 0. The minimum absolute atomic E-state index is 0.0772. The number of benzene rings is 2. The van der Waals surface area contributed by atoms with Crippen LogP contribution in [0.15, 0.2) is 57.9 Å². The van der Waals surface area contributed by atoms with E-state index in [1.807, 2.05) is 47.6 Å². The van der Waals surface area contributed by atoms with Gasteiger partial charge in [0.05, 0.1) is 5.92 Å². The van der Waals surface area contributed by atoms with Gasteiger partial charge >= 0.3 is 0 Å². The van der Waals surface area contributed by atoms with Crippen LogP contribution in [0.2, 0.25) is 0 Å². The first kappa shape index (κ1) is 17.8. The number of amides is 1. The molecule has 4 rings (SSSR count). The van der Waals surface area contributed by atoms with E-state index in [1.165, 1.54) is 5.56 Å². The predicted molar refractivity (Wildman–Crippen MR) is 107 cm³/mol. The lowest BCUT2D eigenvalue weighted by Crippen LogP contribution is -2.24. The van der Waals surface area contributed by atoms with Gasteiger partial charge in [0, 0.05) is 29.1 Å². The van der Waals surface area contributed by atoms with Crippen molar-refractivity contribution in [2.24, 2.45) is 0 Å². The van der Waals surface area contributed by atoms with Crippen LogP contribution in [0.25, 0.3) is 11.4 Å². The quantitative estimate of drug-likeness (QED) is 0.609. The van der Waals surface area contributed by atoms with E-state index in [-0.39, 0.29) is 11.8 Å². The van der Waals surface area contributed by atoms with Crippen LogP contribution in [-0.4, -0.2) is 28.8 Å². The Balaban J connectivity index is 1.53. The molecular formula is C21H21N3O2S. The summed E-state index contributed by atoms with van der Waals surface area (Å²) in [4.78, 5) is 20.0. The number of thioether (sulfide) groups is 1. The number of carbonyl (C=O) groups excluding carboxylic acids is 1. The lowest BCUT2D eigenvalue weighted by molar-refractivity contribution is -0.117. The average molecular weight is 379 g/mol. The zero-order valence-electron chi connectivity index (χ0n) is 15.4. The third-order valence-electron chi connectivity index (χ3n) is 4.90. The summed E-state index contributed by atoms with van der Waals surface area (Å²) >= 11 is 1.66. The Kier molecular flexibility index (Phi) is 4.99. The summed E-state index contributed by atoms with van der Waals surface area (Å²) in [5, 5.41) is 4.12. The lowest BCUT2D eigenvalue weighted by Gasteiger charge is -2.16. The molecule has 1 aliphatic heterocycles. The largest absolute Gasteiger partial charge is 0.339 e. The van der Waals surface area contributed by atoms with E-state index in [1.54, 1.807) is 11.8 Å². The Hall–Kier alpha value is -2.60. The smallest absolute Gasteiger partial charge is 0.232 e. The zero-order valence-corrected chi connectivity index (χ0v) is 16.2. The first-order valence-electron chi connectivity index (χ1n) is 9.05. The van der Waals surface area contributed by atoms with Gasteiger partial charge in [-0.15, -0.1) is 11.8 Å². The highest BCUT2D eigenvalue weighted by atomic mass is 32.2. The van der Waals surface area contributed by atoms with Crippen molar-refractivity contribution >= 4 is 23.4 Å². The molecule has 1 fully saturated rings. The second-order valence-electron chi connectivity index (χ2n) is 6.61. The number of rotatable bonds is 5. The monoisotopic (exact) mass is 379 g/mol. The lowest BCUT2D eigenvalue weighted by atomic mass is 10.1. The SMILES string of the molecule is CCc1ccc(-c2noc(C3CC(=O)N(c4cccc(SC)c4)C3)n2)cc1. The standard InChI is InChI=1S/C21H21N3O2S/c1-3-14-7-9-15(10-8-14)20-22-21(26-23-20)16-11-19(25)24(13-16)17-5-4-6-18(12-17)27-2/h4-10,12,16H,3,11,13H2,1-2H3. The number of hydrogen-bond acceptors (Lipinski definition) is 5. The molecule has 5 nitrogen and oxygen atoms in total. The van der Waals surface area contributed by atoms with Gasteiger partial charge in [-0.3, -0.25) is 4.79 Å². The summed E-state index contributed by atoms with van der Waals surface area (Å²) in [5.41, 5.74) is 3.12. The van der Waals surface area contributed by atoms with Crippen LogP contribution in [-0.2, 0) is 11.2 Å². The molecule has 0 bridgehead atoms. The van der Waals surface area contributed by atoms with Crippen molar-refractivity contribution in [2.75, 3.05) is 17.7 Å². The van der Waals surface area contributed by atoms with Crippen LogP contribution in [0.4, 0.5) is 5.69 Å². The molecular weight excluding hydrogens is 358 g/mol. The number of anilines is 1. The normalized spacial score (nSPS) is 16.9. The van der Waals surface area contributed by atoms with Gasteiger partial charge in [-0.05, 0) is 36.4 Å². The van der Waals surface area contributed by atoms with Gasteiger partial charge in [0.25, 0.3) is 0 Å². The third kappa shape index (κ3) is 3.62. The molecule has 0 aliphatic carbocycles. The first-order chi connectivity index (χ1) is 13.2. The molecule has 0 spiro atoms. The molecule has 1 atom stereocenters. The molecule has 1 saturated heterocycles. The summed E-state index contributed by atoms with van der Waals surface area (Å²) in [6, 6.07) is 16.2. The minimum Gasteiger partial charge on any atom is -0.339 e. The number of nitrogens with zero attached hydrogens (tertiary/aromatic N) is 3. The molecule has 1 aliphatic rings. The number of hydrogen-bond donors (Lipinski definition) is 0. The van der Waals surface area contributed by atoms with Gasteiger partial charge in [-0.2, -0.15) is 4.98 Å². The topological polar surface area (TPSA) is 59.2 Å². The van der Waals surface area contributed by atoms with Crippen molar-refractivity contribution in [3.8, 4) is 11.4 Å². The number of carbonyl (C=O) groups is 1. The second-order valence-corrected chi connectivity index (χ2v) is 7.49. The molecule has 3 aromatic rings. The molecule has 27 heavy (non-hydrogen) atoms. The zero-order chi connectivity index (χ0) is 18.8. The van der Waals surface area contributed by atoms with Crippen LogP contribution in [0.3, 0.4) is 0 Å². The van der Waals surface area contributed by atoms with Crippen molar-refractivity contribution in [2.45, 2.75) is 30.6 Å². The molecule has 1 aromatic heterocycles. The Bertz CT molecular complexity index is 952. The van der Waals surface area contributed by atoms with Gasteiger partial charge in [-0.1, -0.05) is 42.4 Å². The van der Waals surface area contributed by atoms with Crippen molar-refractivity contribution in [3.63, 3.8) is 0 Å². The Morgan fingerprint density at radius 1 is 1.22 bits per heavy atom. The highest BCUT2D eigenvalue weighted by Gasteiger charge is 2.35. The van der Waals surface area contributed by atoms with Crippen LogP contribution < -0.4 is 4.90 Å². The highest BCUT2D eigenvalue weighted by molar-refractivity contribution is 7.98. The van der Waals surface area contributed by atoms with E-state index in [9.17, 15) is 4.79 Å². The Morgan fingerprint density at radius 2 is 2.04 bits per heavy atom. The van der Waals surface area contributed by atoms with Crippen LogP contribution in [0.5, 0.6) is 0 Å². The Labute approximate surface area is 162 Å². The third-order valence-corrected chi connectivity index (χ3v) is 5.63. The molecule has 1 unspecified atom stereocenters. The second kappa shape index (κ2) is 7.56. The van der Waals surface area contributed by atoms with E-state index in [4.69, 9.17) is 4.52 Å². The van der Waals surface area contributed by atoms with Crippen molar-refractivity contribution in [1.82, 2.24) is 10.1 Å². The van der Waals surface area contributed by atoms with Crippen LogP contribution >= 0.6 is 11.8 Å². The van der Waals surface area contributed by atoms with Gasteiger partial charge < -0.3 is 9.42 Å². The maximum Gasteiger partial charge on any atom is 0.232 e.